The molecular weight excluding hydrogens is 222 g/mol. The molecule has 86 valence electrons. The molecule has 1 heterocycles. The monoisotopic (exact) mass is 237 g/mol. The summed E-state index contributed by atoms with van der Waals surface area (Å²) in [5, 5.41) is 4.96. The zero-order chi connectivity index (χ0) is 11.4. The molecule has 0 aromatic carbocycles. The van der Waals surface area contributed by atoms with Crippen molar-refractivity contribution in [3.8, 4) is 0 Å². The van der Waals surface area contributed by atoms with Gasteiger partial charge < -0.3 is 11.1 Å². The van der Waals surface area contributed by atoms with Crippen LogP contribution in [0, 0.1) is 0 Å². The van der Waals surface area contributed by atoms with Gasteiger partial charge in [0.2, 0.25) is 0 Å². The van der Waals surface area contributed by atoms with Crippen LogP contribution in [0.25, 0.3) is 0 Å². The van der Waals surface area contributed by atoms with Crippen LogP contribution in [-0.2, 0) is 0 Å². The SMILES string of the molecule is Nc1nc(C(=O)NCCC2=CCCC2)cs1. The number of aromatic nitrogens is 1. The molecule has 1 aliphatic rings. The molecule has 5 heteroatoms. The number of hydrogen-bond donors (Lipinski definition) is 2. The third-order valence-corrected chi connectivity index (χ3v) is 3.30. The maximum absolute atomic E-state index is 11.6. The number of carbonyl (C=O) groups excluding carboxylic acids is 1. The summed E-state index contributed by atoms with van der Waals surface area (Å²) in [6.07, 6.45) is 6.84. The van der Waals surface area contributed by atoms with Gasteiger partial charge in [0, 0.05) is 11.9 Å². The molecular formula is C11H15N3OS. The second-order valence-corrected chi connectivity index (χ2v) is 4.72. The van der Waals surface area contributed by atoms with Gasteiger partial charge in [-0.05, 0) is 25.7 Å². The Balaban J connectivity index is 1.75. The molecule has 1 aliphatic carbocycles. The molecule has 0 fully saturated rings. The number of amides is 1. The number of nitrogens with zero attached hydrogens (tertiary/aromatic N) is 1. The molecule has 4 nitrogen and oxygen atoms in total. The fourth-order valence-corrected chi connectivity index (χ4v) is 2.33. The summed E-state index contributed by atoms with van der Waals surface area (Å²) in [4.78, 5) is 15.5. The van der Waals surface area contributed by atoms with Gasteiger partial charge in [-0.1, -0.05) is 11.6 Å². The van der Waals surface area contributed by atoms with Crippen LogP contribution in [0.3, 0.4) is 0 Å². The van der Waals surface area contributed by atoms with Gasteiger partial charge in [0.15, 0.2) is 5.13 Å². The Morgan fingerprint density at radius 3 is 3.12 bits per heavy atom. The van der Waals surface area contributed by atoms with Crippen molar-refractivity contribution in [1.82, 2.24) is 10.3 Å². The largest absolute Gasteiger partial charge is 0.375 e. The quantitative estimate of drug-likeness (QED) is 0.786. The molecule has 3 N–H and O–H groups in total. The first-order valence-electron chi connectivity index (χ1n) is 5.43. The van der Waals surface area contributed by atoms with Gasteiger partial charge in [-0.2, -0.15) is 0 Å². The minimum Gasteiger partial charge on any atom is -0.375 e. The summed E-state index contributed by atoms with van der Waals surface area (Å²) >= 11 is 1.29. The Morgan fingerprint density at radius 1 is 1.62 bits per heavy atom. The first kappa shape index (κ1) is 11.1. The van der Waals surface area contributed by atoms with Crippen LogP contribution in [0.2, 0.25) is 0 Å². The molecule has 2 rings (SSSR count). The number of carbonyl (C=O) groups is 1. The van der Waals surface area contributed by atoms with E-state index < -0.39 is 0 Å². The van der Waals surface area contributed by atoms with E-state index >= 15 is 0 Å². The number of nitrogens with two attached hydrogens (primary N) is 1. The van der Waals surface area contributed by atoms with Crippen LogP contribution in [0.1, 0.15) is 36.2 Å². The van der Waals surface area contributed by atoms with Crippen molar-refractivity contribution >= 4 is 22.4 Å². The molecule has 0 saturated heterocycles. The second kappa shape index (κ2) is 5.12. The molecule has 0 saturated carbocycles. The van der Waals surface area contributed by atoms with Crippen LogP contribution in [-0.4, -0.2) is 17.4 Å². The highest BCUT2D eigenvalue weighted by molar-refractivity contribution is 7.13. The summed E-state index contributed by atoms with van der Waals surface area (Å²) in [5.41, 5.74) is 7.34. The van der Waals surface area contributed by atoms with Crippen LogP contribution in [0.5, 0.6) is 0 Å². The molecule has 0 unspecified atom stereocenters. The average Bonchev–Trinajstić information content (AvgIpc) is 2.89. The summed E-state index contributed by atoms with van der Waals surface area (Å²) in [6, 6.07) is 0. The summed E-state index contributed by atoms with van der Waals surface area (Å²) < 4.78 is 0. The number of nitrogen functional groups attached to an aromatic ring is 1. The van der Waals surface area contributed by atoms with Crippen molar-refractivity contribution in [2.75, 3.05) is 12.3 Å². The summed E-state index contributed by atoms with van der Waals surface area (Å²) in [7, 11) is 0. The Kier molecular flexibility index (Phi) is 3.56. The first-order chi connectivity index (χ1) is 7.75. The van der Waals surface area contributed by atoms with E-state index in [1.54, 1.807) is 5.38 Å². The van der Waals surface area contributed by atoms with Gasteiger partial charge in [0.05, 0.1) is 0 Å². The predicted octanol–water partition coefficient (Wildman–Crippen LogP) is 1.96. The number of allylic oxidation sites excluding steroid dienone is 1. The summed E-state index contributed by atoms with van der Waals surface area (Å²) in [5.74, 6) is -0.133. The number of anilines is 1. The molecule has 0 aliphatic heterocycles. The zero-order valence-corrected chi connectivity index (χ0v) is 9.85. The van der Waals surface area contributed by atoms with Crippen molar-refractivity contribution in [2.24, 2.45) is 0 Å². The minimum atomic E-state index is -0.133. The maximum atomic E-state index is 11.6. The van der Waals surface area contributed by atoms with Gasteiger partial charge in [-0.15, -0.1) is 11.3 Å². The lowest BCUT2D eigenvalue weighted by Crippen LogP contribution is -2.24. The highest BCUT2D eigenvalue weighted by atomic mass is 32.1. The fraction of sp³-hybridized carbons (Fsp3) is 0.455. The van der Waals surface area contributed by atoms with Crippen LogP contribution >= 0.6 is 11.3 Å². The zero-order valence-electron chi connectivity index (χ0n) is 9.03. The third-order valence-electron chi connectivity index (χ3n) is 2.62. The van der Waals surface area contributed by atoms with Crippen LogP contribution < -0.4 is 11.1 Å². The highest BCUT2D eigenvalue weighted by Crippen LogP contribution is 2.19. The fourth-order valence-electron chi connectivity index (χ4n) is 1.78. The molecule has 1 aromatic rings. The van der Waals surface area contributed by atoms with Gasteiger partial charge in [-0.3, -0.25) is 4.79 Å². The molecule has 0 atom stereocenters. The Morgan fingerprint density at radius 2 is 2.50 bits per heavy atom. The number of thiazole rings is 1. The molecule has 1 amide bonds. The number of rotatable bonds is 4. The Labute approximate surface area is 98.6 Å². The molecule has 0 radical (unpaired) electrons. The Hall–Kier alpha value is -1.36. The van der Waals surface area contributed by atoms with E-state index in [4.69, 9.17) is 5.73 Å². The third kappa shape index (κ3) is 2.82. The van der Waals surface area contributed by atoms with Gasteiger partial charge in [-0.25, -0.2) is 4.98 Å². The predicted molar refractivity (Wildman–Crippen MR) is 65.4 cm³/mol. The number of nitrogens with one attached hydrogen (secondary N) is 1. The van der Waals surface area contributed by atoms with E-state index in [-0.39, 0.29) is 5.91 Å². The van der Waals surface area contributed by atoms with Gasteiger partial charge >= 0.3 is 0 Å². The van der Waals surface area contributed by atoms with Crippen molar-refractivity contribution in [3.63, 3.8) is 0 Å². The first-order valence-corrected chi connectivity index (χ1v) is 6.31. The lowest BCUT2D eigenvalue weighted by atomic mass is 10.2. The van der Waals surface area contributed by atoms with E-state index in [0.29, 0.717) is 17.4 Å². The molecule has 16 heavy (non-hydrogen) atoms. The van der Waals surface area contributed by atoms with Crippen molar-refractivity contribution in [3.05, 3.63) is 22.7 Å². The van der Waals surface area contributed by atoms with E-state index in [0.717, 1.165) is 6.42 Å². The van der Waals surface area contributed by atoms with E-state index in [2.05, 4.69) is 16.4 Å². The smallest absolute Gasteiger partial charge is 0.270 e. The van der Waals surface area contributed by atoms with Crippen LogP contribution in [0.15, 0.2) is 17.0 Å². The standard InChI is InChI=1S/C11H15N3OS/c12-11-14-9(7-16-11)10(15)13-6-5-8-3-1-2-4-8/h3,7H,1-2,4-6H2,(H2,12,14)(H,13,15). The highest BCUT2D eigenvalue weighted by Gasteiger charge is 2.09. The molecule has 1 aromatic heterocycles. The van der Waals surface area contributed by atoms with Gasteiger partial charge in [0.25, 0.3) is 5.91 Å². The normalized spacial score (nSPS) is 14.9. The van der Waals surface area contributed by atoms with Gasteiger partial charge in [0.1, 0.15) is 5.69 Å². The van der Waals surface area contributed by atoms with E-state index in [1.165, 1.54) is 36.2 Å². The summed E-state index contributed by atoms with van der Waals surface area (Å²) in [6.45, 7) is 0.683. The van der Waals surface area contributed by atoms with Crippen LogP contribution in [0.4, 0.5) is 5.13 Å². The maximum Gasteiger partial charge on any atom is 0.270 e. The second-order valence-electron chi connectivity index (χ2n) is 3.83. The lowest BCUT2D eigenvalue weighted by Gasteiger charge is -2.03. The molecule has 0 bridgehead atoms. The Bertz CT molecular complexity index is 411. The van der Waals surface area contributed by atoms with Crippen molar-refractivity contribution < 1.29 is 4.79 Å². The topological polar surface area (TPSA) is 68.0 Å². The van der Waals surface area contributed by atoms with Crippen molar-refractivity contribution in [2.45, 2.75) is 25.7 Å². The van der Waals surface area contributed by atoms with E-state index in [9.17, 15) is 4.79 Å². The van der Waals surface area contributed by atoms with Crippen molar-refractivity contribution in [1.29, 1.82) is 0 Å². The average molecular weight is 237 g/mol. The molecule has 0 spiro atoms. The minimum absolute atomic E-state index is 0.133. The van der Waals surface area contributed by atoms with E-state index in [1.807, 2.05) is 0 Å². The lowest BCUT2D eigenvalue weighted by molar-refractivity contribution is 0.0950. The number of hydrogen-bond acceptors (Lipinski definition) is 4.